The van der Waals surface area contributed by atoms with Gasteiger partial charge in [0.1, 0.15) is 0 Å². The topological polar surface area (TPSA) is 41.1 Å². The Bertz CT molecular complexity index is 344. The summed E-state index contributed by atoms with van der Waals surface area (Å²) < 4.78 is 0. The Labute approximate surface area is 116 Å². The Morgan fingerprint density at radius 2 is 2.05 bits per heavy atom. The van der Waals surface area contributed by atoms with Crippen LogP contribution in [0.4, 0.5) is 0 Å². The molecule has 0 aromatic rings. The van der Waals surface area contributed by atoms with E-state index in [1.807, 2.05) is 0 Å². The molecule has 3 fully saturated rings. The Balaban J connectivity index is 1.51. The van der Waals surface area contributed by atoms with Gasteiger partial charge in [0, 0.05) is 6.04 Å². The monoisotopic (exact) mass is 264 g/mol. The number of hydrogen-bond acceptors (Lipinski definition) is 2. The van der Waals surface area contributed by atoms with Gasteiger partial charge in [0.05, 0.1) is 6.04 Å². The summed E-state index contributed by atoms with van der Waals surface area (Å²) in [5, 5.41) is 6.66. The SMILES string of the molecule is CC1CCNC(C(=O)NC(C)C2CC3CCC2C3)C1. The van der Waals surface area contributed by atoms with Crippen LogP contribution in [-0.2, 0) is 4.79 Å². The van der Waals surface area contributed by atoms with Crippen LogP contribution in [0.15, 0.2) is 0 Å². The predicted molar refractivity (Wildman–Crippen MR) is 76.7 cm³/mol. The fourth-order valence-electron chi connectivity index (χ4n) is 4.65. The van der Waals surface area contributed by atoms with Gasteiger partial charge in [-0.1, -0.05) is 13.3 Å². The zero-order valence-electron chi connectivity index (χ0n) is 12.3. The lowest BCUT2D eigenvalue weighted by Gasteiger charge is -2.32. The van der Waals surface area contributed by atoms with E-state index in [9.17, 15) is 4.79 Å². The van der Waals surface area contributed by atoms with Crippen molar-refractivity contribution >= 4 is 5.91 Å². The molecule has 19 heavy (non-hydrogen) atoms. The first-order chi connectivity index (χ1) is 9.13. The maximum atomic E-state index is 12.3. The van der Waals surface area contributed by atoms with E-state index in [0.717, 1.165) is 30.7 Å². The standard InChI is InChI=1S/C16H28N2O/c1-10-5-6-17-15(7-10)16(19)18-11(2)14-9-12-3-4-13(14)8-12/h10-15,17H,3-9H2,1-2H3,(H,18,19). The van der Waals surface area contributed by atoms with Gasteiger partial charge in [0.2, 0.25) is 5.91 Å². The molecule has 1 saturated heterocycles. The number of nitrogens with one attached hydrogen (secondary N) is 2. The lowest BCUT2D eigenvalue weighted by Crippen LogP contribution is -2.52. The maximum absolute atomic E-state index is 12.3. The summed E-state index contributed by atoms with van der Waals surface area (Å²) in [5.74, 6) is 3.50. The van der Waals surface area contributed by atoms with Crippen LogP contribution in [-0.4, -0.2) is 24.5 Å². The molecule has 0 radical (unpaired) electrons. The Morgan fingerprint density at radius 1 is 1.21 bits per heavy atom. The lowest BCUT2D eigenvalue weighted by molar-refractivity contribution is -0.125. The average Bonchev–Trinajstić information content (AvgIpc) is 3.00. The van der Waals surface area contributed by atoms with E-state index in [1.165, 1.54) is 32.1 Å². The van der Waals surface area contributed by atoms with Gasteiger partial charge in [-0.15, -0.1) is 0 Å². The largest absolute Gasteiger partial charge is 0.352 e. The summed E-state index contributed by atoms with van der Waals surface area (Å²) in [6, 6.07) is 0.409. The van der Waals surface area contributed by atoms with Gasteiger partial charge < -0.3 is 10.6 Å². The number of carbonyl (C=O) groups is 1. The van der Waals surface area contributed by atoms with Gasteiger partial charge in [-0.3, -0.25) is 4.79 Å². The van der Waals surface area contributed by atoms with Gasteiger partial charge in [-0.2, -0.15) is 0 Å². The van der Waals surface area contributed by atoms with E-state index in [0.29, 0.717) is 12.0 Å². The maximum Gasteiger partial charge on any atom is 0.237 e. The Hall–Kier alpha value is -0.570. The molecule has 2 aliphatic carbocycles. The zero-order valence-corrected chi connectivity index (χ0v) is 12.3. The minimum Gasteiger partial charge on any atom is -0.352 e. The second-order valence-electron chi connectivity index (χ2n) is 7.27. The molecule has 6 atom stereocenters. The summed E-state index contributed by atoms with van der Waals surface area (Å²) in [5.41, 5.74) is 0. The van der Waals surface area contributed by atoms with E-state index in [1.54, 1.807) is 0 Å². The number of amides is 1. The van der Waals surface area contributed by atoms with Crippen LogP contribution >= 0.6 is 0 Å². The molecule has 1 heterocycles. The van der Waals surface area contributed by atoms with Crippen LogP contribution in [0.2, 0.25) is 0 Å². The molecule has 2 N–H and O–H groups in total. The molecule has 0 aromatic heterocycles. The van der Waals surface area contributed by atoms with Crippen molar-refractivity contribution in [3.63, 3.8) is 0 Å². The number of fused-ring (bicyclic) bond motifs is 2. The fourth-order valence-corrected chi connectivity index (χ4v) is 4.65. The third-order valence-electron chi connectivity index (χ3n) is 5.79. The molecule has 2 saturated carbocycles. The molecule has 3 nitrogen and oxygen atoms in total. The van der Waals surface area contributed by atoms with Crippen LogP contribution in [0.25, 0.3) is 0 Å². The minimum atomic E-state index is 0.0461. The van der Waals surface area contributed by atoms with Gasteiger partial charge in [0.15, 0.2) is 0 Å². The number of rotatable bonds is 3. The molecule has 0 aromatic carbocycles. The van der Waals surface area contributed by atoms with Crippen LogP contribution in [0, 0.1) is 23.7 Å². The van der Waals surface area contributed by atoms with E-state index >= 15 is 0 Å². The van der Waals surface area contributed by atoms with Crippen molar-refractivity contribution in [2.45, 2.75) is 64.5 Å². The van der Waals surface area contributed by atoms with Crippen molar-refractivity contribution < 1.29 is 4.79 Å². The average molecular weight is 264 g/mol. The highest BCUT2D eigenvalue weighted by Crippen LogP contribution is 2.49. The van der Waals surface area contributed by atoms with E-state index in [-0.39, 0.29) is 11.9 Å². The number of carbonyl (C=O) groups excluding carboxylic acids is 1. The highest BCUT2D eigenvalue weighted by atomic mass is 16.2. The summed E-state index contributed by atoms with van der Waals surface area (Å²) in [6.07, 6.45) is 7.79. The van der Waals surface area contributed by atoms with Crippen molar-refractivity contribution in [3.05, 3.63) is 0 Å². The summed E-state index contributed by atoms with van der Waals surface area (Å²) in [6.45, 7) is 5.46. The van der Waals surface area contributed by atoms with Crippen molar-refractivity contribution in [2.75, 3.05) is 6.54 Å². The van der Waals surface area contributed by atoms with Gasteiger partial charge >= 0.3 is 0 Å². The molecule has 2 bridgehead atoms. The molecule has 3 heteroatoms. The Morgan fingerprint density at radius 3 is 2.68 bits per heavy atom. The molecule has 6 unspecified atom stereocenters. The second-order valence-corrected chi connectivity index (χ2v) is 7.27. The second kappa shape index (κ2) is 5.43. The summed E-state index contributed by atoms with van der Waals surface area (Å²) in [4.78, 5) is 12.3. The molecule has 108 valence electrons. The molecular weight excluding hydrogens is 236 g/mol. The fraction of sp³-hybridized carbons (Fsp3) is 0.938. The number of piperidine rings is 1. The van der Waals surface area contributed by atoms with Gasteiger partial charge in [-0.05, 0) is 69.2 Å². The van der Waals surface area contributed by atoms with E-state index in [2.05, 4.69) is 24.5 Å². The highest BCUT2D eigenvalue weighted by molar-refractivity contribution is 5.82. The van der Waals surface area contributed by atoms with Crippen LogP contribution in [0.1, 0.15) is 52.4 Å². The van der Waals surface area contributed by atoms with Crippen molar-refractivity contribution in [1.82, 2.24) is 10.6 Å². The molecule has 3 aliphatic rings. The summed E-state index contributed by atoms with van der Waals surface area (Å²) >= 11 is 0. The first kappa shape index (κ1) is 13.4. The van der Waals surface area contributed by atoms with Gasteiger partial charge in [-0.25, -0.2) is 0 Å². The van der Waals surface area contributed by atoms with Crippen molar-refractivity contribution in [2.24, 2.45) is 23.7 Å². The molecule has 1 amide bonds. The first-order valence-corrected chi connectivity index (χ1v) is 8.17. The molecule has 1 aliphatic heterocycles. The smallest absolute Gasteiger partial charge is 0.237 e. The molecular formula is C16H28N2O. The van der Waals surface area contributed by atoms with E-state index < -0.39 is 0 Å². The first-order valence-electron chi connectivity index (χ1n) is 8.17. The van der Waals surface area contributed by atoms with E-state index in [4.69, 9.17) is 0 Å². The summed E-state index contributed by atoms with van der Waals surface area (Å²) in [7, 11) is 0. The predicted octanol–water partition coefficient (Wildman–Crippen LogP) is 2.32. The number of hydrogen-bond donors (Lipinski definition) is 2. The molecule has 0 spiro atoms. The third-order valence-corrected chi connectivity index (χ3v) is 5.79. The van der Waals surface area contributed by atoms with Crippen LogP contribution in [0.5, 0.6) is 0 Å². The lowest BCUT2D eigenvalue weighted by atomic mass is 9.83. The van der Waals surface area contributed by atoms with Crippen molar-refractivity contribution in [1.29, 1.82) is 0 Å². The quantitative estimate of drug-likeness (QED) is 0.821. The van der Waals surface area contributed by atoms with Gasteiger partial charge in [0.25, 0.3) is 0 Å². The third kappa shape index (κ3) is 2.81. The minimum absolute atomic E-state index is 0.0461. The van der Waals surface area contributed by atoms with Crippen LogP contribution in [0.3, 0.4) is 0 Å². The van der Waals surface area contributed by atoms with Crippen molar-refractivity contribution in [3.8, 4) is 0 Å². The van der Waals surface area contributed by atoms with Crippen LogP contribution < -0.4 is 10.6 Å². The zero-order chi connectivity index (χ0) is 13.4. The Kier molecular flexibility index (Phi) is 3.84. The molecule has 3 rings (SSSR count). The highest BCUT2D eigenvalue weighted by Gasteiger charge is 2.42. The normalized spacial score (nSPS) is 43.2.